The maximum absolute atomic E-state index is 12.0. The Labute approximate surface area is 115 Å². The van der Waals surface area contributed by atoms with Gasteiger partial charge in [0.2, 0.25) is 0 Å². The van der Waals surface area contributed by atoms with Crippen molar-refractivity contribution in [1.82, 2.24) is 0 Å². The monoisotopic (exact) mass is 262 g/mol. The van der Waals surface area contributed by atoms with E-state index in [-0.39, 0.29) is 11.8 Å². The molecule has 0 atom stereocenters. The van der Waals surface area contributed by atoms with Crippen molar-refractivity contribution < 1.29 is 14.3 Å². The average molecular weight is 262 g/mol. The Balaban J connectivity index is 2.49. The molecule has 0 aliphatic rings. The largest absolute Gasteiger partial charge is 0.466 e. The number of carbonyl (C=O) groups is 2. The Bertz CT molecular complexity index is 435. The molecule has 0 spiro atoms. The lowest BCUT2D eigenvalue weighted by Crippen LogP contribution is -2.06. The van der Waals surface area contributed by atoms with Crippen LogP contribution in [0.4, 0.5) is 0 Å². The standard InChI is InChI=1S/C16H22O3/c1-4-19-16(18)10-6-9-15(17)14-8-5-7-13(11-14)12(2)3/h5,7-8,11-12H,4,6,9-10H2,1-3H3. The molecule has 0 aliphatic carbocycles. The van der Waals surface area contributed by atoms with E-state index >= 15 is 0 Å². The number of hydrogen-bond donors (Lipinski definition) is 0. The Morgan fingerprint density at radius 3 is 2.58 bits per heavy atom. The summed E-state index contributed by atoms with van der Waals surface area (Å²) in [6.45, 7) is 6.37. The molecule has 0 radical (unpaired) electrons. The van der Waals surface area contributed by atoms with Gasteiger partial charge >= 0.3 is 5.97 Å². The van der Waals surface area contributed by atoms with E-state index in [0.717, 1.165) is 11.1 Å². The molecule has 3 nitrogen and oxygen atoms in total. The number of Topliss-reactive ketones (excluding diaryl/α,β-unsaturated/α-hetero) is 1. The van der Waals surface area contributed by atoms with Crippen molar-refractivity contribution in [2.45, 2.75) is 46.0 Å². The van der Waals surface area contributed by atoms with Gasteiger partial charge in [-0.3, -0.25) is 9.59 Å². The summed E-state index contributed by atoms with van der Waals surface area (Å²) in [4.78, 5) is 23.2. The topological polar surface area (TPSA) is 43.4 Å². The third-order valence-corrected chi connectivity index (χ3v) is 2.97. The second kappa shape index (κ2) is 7.72. The van der Waals surface area contributed by atoms with Gasteiger partial charge in [-0.15, -0.1) is 0 Å². The van der Waals surface area contributed by atoms with E-state index in [1.54, 1.807) is 6.92 Å². The minimum Gasteiger partial charge on any atom is -0.466 e. The van der Waals surface area contributed by atoms with Crippen LogP contribution in [0.1, 0.15) is 61.9 Å². The van der Waals surface area contributed by atoms with Gasteiger partial charge in [0.1, 0.15) is 0 Å². The van der Waals surface area contributed by atoms with Crippen molar-refractivity contribution in [3.63, 3.8) is 0 Å². The molecule has 19 heavy (non-hydrogen) atoms. The quantitative estimate of drug-likeness (QED) is 0.555. The van der Waals surface area contributed by atoms with Crippen LogP contribution >= 0.6 is 0 Å². The Hall–Kier alpha value is -1.64. The van der Waals surface area contributed by atoms with Crippen LogP contribution in [0.25, 0.3) is 0 Å². The smallest absolute Gasteiger partial charge is 0.305 e. The predicted octanol–water partition coefficient (Wildman–Crippen LogP) is 3.73. The Morgan fingerprint density at radius 2 is 1.95 bits per heavy atom. The molecule has 0 aliphatic heterocycles. The molecule has 104 valence electrons. The molecule has 0 unspecified atom stereocenters. The zero-order valence-corrected chi connectivity index (χ0v) is 11.9. The molecule has 0 saturated heterocycles. The zero-order valence-electron chi connectivity index (χ0n) is 11.9. The minimum absolute atomic E-state index is 0.0896. The Morgan fingerprint density at radius 1 is 1.21 bits per heavy atom. The maximum Gasteiger partial charge on any atom is 0.305 e. The van der Waals surface area contributed by atoms with Gasteiger partial charge in [-0.2, -0.15) is 0 Å². The molecule has 1 rings (SSSR count). The van der Waals surface area contributed by atoms with Crippen molar-refractivity contribution >= 4 is 11.8 Å². The average Bonchev–Trinajstić information content (AvgIpc) is 2.39. The highest BCUT2D eigenvalue weighted by Crippen LogP contribution is 2.17. The second-order valence-electron chi connectivity index (χ2n) is 4.86. The third kappa shape index (κ3) is 5.25. The van der Waals surface area contributed by atoms with Gasteiger partial charge in [-0.25, -0.2) is 0 Å². The van der Waals surface area contributed by atoms with Crippen LogP contribution < -0.4 is 0 Å². The number of ether oxygens (including phenoxy) is 1. The first kappa shape index (κ1) is 15.4. The molecule has 1 aromatic carbocycles. The van der Waals surface area contributed by atoms with Crippen molar-refractivity contribution in [2.75, 3.05) is 6.61 Å². The van der Waals surface area contributed by atoms with Crippen LogP contribution in [0, 0.1) is 0 Å². The third-order valence-electron chi connectivity index (χ3n) is 2.97. The summed E-state index contributed by atoms with van der Waals surface area (Å²) in [7, 11) is 0. The Kier molecular flexibility index (Phi) is 6.26. The fourth-order valence-electron chi connectivity index (χ4n) is 1.84. The molecule has 0 fully saturated rings. The van der Waals surface area contributed by atoms with Crippen molar-refractivity contribution in [2.24, 2.45) is 0 Å². The lowest BCUT2D eigenvalue weighted by molar-refractivity contribution is -0.143. The summed E-state index contributed by atoms with van der Waals surface area (Å²) in [5.41, 5.74) is 1.89. The highest BCUT2D eigenvalue weighted by molar-refractivity contribution is 5.96. The highest BCUT2D eigenvalue weighted by Gasteiger charge is 2.09. The zero-order chi connectivity index (χ0) is 14.3. The SMILES string of the molecule is CCOC(=O)CCCC(=O)c1cccc(C(C)C)c1. The van der Waals surface area contributed by atoms with E-state index < -0.39 is 0 Å². The molecule has 3 heteroatoms. The molecular weight excluding hydrogens is 240 g/mol. The van der Waals surface area contributed by atoms with Crippen molar-refractivity contribution in [3.05, 3.63) is 35.4 Å². The summed E-state index contributed by atoms with van der Waals surface area (Å²) in [6, 6.07) is 7.71. The minimum atomic E-state index is -0.230. The van der Waals surface area contributed by atoms with Crippen LogP contribution in [0.15, 0.2) is 24.3 Å². The fourth-order valence-corrected chi connectivity index (χ4v) is 1.84. The predicted molar refractivity (Wildman–Crippen MR) is 75.3 cm³/mol. The fraction of sp³-hybridized carbons (Fsp3) is 0.500. The lowest BCUT2D eigenvalue weighted by atomic mass is 9.98. The summed E-state index contributed by atoms with van der Waals surface area (Å²) >= 11 is 0. The first-order chi connectivity index (χ1) is 9.04. The van der Waals surface area contributed by atoms with Crippen LogP contribution in [-0.4, -0.2) is 18.4 Å². The van der Waals surface area contributed by atoms with Crippen LogP contribution in [0.3, 0.4) is 0 Å². The number of rotatable bonds is 7. The van der Waals surface area contributed by atoms with Crippen LogP contribution in [-0.2, 0) is 9.53 Å². The van der Waals surface area contributed by atoms with Gasteiger partial charge in [0.05, 0.1) is 6.61 Å². The molecule has 0 amide bonds. The summed E-state index contributed by atoms with van der Waals surface area (Å²) in [5.74, 6) is 0.269. The van der Waals surface area contributed by atoms with Crippen LogP contribution in [0.5, 0.6) is 0 Å². The number of benzene rings is 1. The number of carbonyl (C=O) groups excluding carboxylic acids is 2. The van der Waals surface area contributed by atoms with E-state index in [2.05, 4.69) is 13.8 Å². The maximum atomic E-state index is 12.0. The summed E-state index contributed by atoms with van der Waals surface area (Å²) in [6.07, 6.45) is 1.24. The van der Waals surface area contributed by atoms with Crippen molar-refractivity contribution in [3.8, 4) is 0 Å². The van der Waals surface area contributed by atoms with Gasteiger partial charge in [0, 0.05) is 18.4 Å². The van der Waals surface area contributed by atoms with Crippen LogP contribution in [0.2, 0.25) is 0 Å². The number of esters is 1. The van der Waals surface area contributed by atoms with Gasteiger partial charge in [0.25, 0.3) is 0 Å². The molecule has 0 saturated carbocycles. The molecule has 0 bridgehead atoms. The van der Waals surface area contributed by atoms with Gasteiger partial charge in [-0.1, -0.05) is 32.0 Å². The van der Waals surface area contributed by atoms with Gasteiger partial charge in [0.15, 0.2) is 5.78 Å². The van der Waals surface area contributed by atoms with E-state index in [1.807, 2.05) is 24.3 Å². The molecule has 0 N–H and O–H groups in total. The van der Waals surface area contributed by atoms with E-state index in [9.17, 15) is 9.59 Å². The number of ketones is 1. The molecule has 0 aromatic heterocycles. The van der Waals surface area contributed by atoms with E-state index in [1.165, 1.54) is 0 Å². The molecule has 0 heterocycles. The normalized spacial score (nSPS) is 10.5. The summed E-state index contributed by atoms with van der Waals surface area (Å²) < 4.78 is 4.83. The van der Waals surface area contributed by atoms with Gasteiger partial charge < -0.3 is 4.74 Å². The van der Waals surface area contributed by atoms with E-state index in [4.69, 9.17) is 4.74 Å². The van der Waals surface area contributed by atoms with E-state index in [0.29, 0.717) is 31.8 Å². The molecular formula is C16H22O3. The first-order valence-electron chi connectivity index (χ1n) is 6.83. The number of hydrogen-bond acceptors (Lipinski definition) is 3. The molecule has 1 aromatic rings. The summed E-state index contributed by atoms with van der Waals surface area (Å²) in [5, 5.41) is 0. The lowest BCUT2D eigenvalue weighted by Gasteiger charge is -2.07. The van der Waals surface area contributed by atoms with Gasteiger partial charge in [-0.05, 0) is 30.9 Å². The second-order valence-corrected chi connectivity index (χ2v) is 4.86. The van der Waals surface area contributed by atoms with Crippen molar-refractivity contribution in [1.29, 1.82) is 0 Å². The first-order valence-corrected chi connectivity index (χ1v) is 6.83. The highest BCUT2D eigenvalue weighted by atomic mass is 16.5.